The number of hydrogen-bond donors (Lipinski definition) is 2. The van der Waals surface area contributed by atoms with E-state index in [-0.39, 0.29) is 30.4 Å². The van der Waals surface area contributed by atoms with Gasteiger partial charge in [-0.3, -0.25) is 5.32 Å². The maximum atomic E-state index is 12.7. The molecule has 0 saturated carbocycles. The molecule has 7 nitrogen and oxygen atoms in total. The minimum atomic E-state index is -0.333. The Balaban J connectivity index is 1.74. The number of benzene rings is 1. The van der Waals surface area contributed by atoms with Crippen LogP contribution in [0.15, 0.2) is 28.7 Å². The zero-order chi connectivity index (χ0) is 17.8. The molecule has 1 atom stereocenters. The first-order valence-electron chi connectivity index (χ1n) is 8.41. The van der Waals surface area contributed by atoms with Crippen molar-refractivity contribution in [1.82, 2.24) is 9.88 Å². The summed E-state index contributed by atoms with van der Waals surface area (Å²) >= 11 is 0. The Morgan fingerprint density at radius 3 is 2.84 bits per heavy atom. The van der Waals surface area contributed by atoms with Crippen molar-refractivity contribution in [3.05, 3.63) is 41.3 Å². The number of nitrogens with one attached hydrogen (secondary N) is 1. The lowest BCUT2D eigenvalue weighted by molar-refractivity contribution is 0.0816. The second kappa shape index (κ2) is 7.57. The number of carbonyl (C=O) groups is 1. The van der Waals surface area contributed by atoms with Crippen molar-refractivity contribution in [3.63, 3.8) is 0 Å². The van der Waals surface area contributed by atoms with E-state index in [0.29, 0.717) is 17.9 Å². The number of oxazole rings is 1. The van der Waals surface area contributed by atoms with Crippen LogP contribution < -0.4 is 5.32 Å². The zero-order valence-electron chi connectivity index (χ0n) is 14.5. The molecule has 3 rings (SSSR count). The van der Waals surface area contributed by atoms with E-state index >= 15 is 0 Å². The van der Waals surface area contributed by atoms with Crippen molar-refractivity contribution in [1.29, 1.82) is 0 Å². The highest BCUT2D eigenvalue weighted by Crippen LogP contribution is 2.21. The normalized spacial score (nSPS) is 16.8. The van der Waals surface area contributed by atoms with Crippen molar-refractivity contribution < 1.29 is 19.1 Å². The summed E-state index contributed by atoms with van der Waals surface area (Å²) in [6.45, 7) is 5.05. The van der Waals surface area contributed by atoms with Crippen LogP contribution in [-0.2, 0) is 11.3 Å². The molecule has 0 radical (unpaired) electrons. The van der Waals surface area contributed by atoms with E-state index in [9.17, 15) is 9.90 Å². The van der Waals surface area contributed by atoms with E-state index in [1.54, 1.807) is 30.0 Å². The first-order chi connectivity index (χ1) is 12.0. The number of anilines is 1. The van der Waals surface area contributed by atoms with Gasteiger partial charge in [0.05, 0.1) is 18.3 Å². The van der Waals surface area contributed by atoms with Crippen molar-refractivity contribution in [2.45, 2.75) is 39.3 Å². The number of nitrogens with zero attached hydrogens (tertiary/aromatic N) is 2. The van der Waals surface area contributed by atoms with Gasteiger partial charge in [0.15, 0.2) is 0 Å². The van der Waals surface area contributed by atoms with Crippen molar-refractivity contribution in [2.75, 3.05) is 18.5 Å². The number of aromatic hydroxyl groups is 1. The van der Waals surface area contributed by atoms with E-state index in [0.717, 1.165) is 25.1 Å². The van der Waals surface area contributed by atoms with Gasteiger partial charge < -0.3 is 19.2 Å². The standard InChI is InChI=1S/C18H23N3O4/c1-12-13(2)25-17(19-12)20-18(23)21(11-15-7-5-9-24-15)10-14-6-3-4-8-16(14)22/h3-4,6,8,15,22H,5,7,9-11H2,1-2H3,(H,19,20,23). The van der Waals surface area contributed by atoms with Gasteiger partial charge in [0.2, 0.25) is 0 Å². The van der Waals surface area contributed by atoms with Crippen LogP contribution in [-0.4, -0.2) is 40.3 Å². The lowest BCUT2D eigenvalue weighted by atomic mass is 10.1. The van der Waals surface area contributed by atoms with Gasteiger partial charge in [0, 0.05) is 18.7 Å². The lowest BCUT2D eigenvalue weighted by Crippen LogP contribution is -2.39. The third kappa shape index (κ3) is 4.30. The first kappa shape index (κ1) is 17.3. The van der Waals surface area contributed by atoms with E-state index in [4.69, 9.17) is 9.15 Å². The Labute approximate surface area is 146 Å². The summed E-state index contributed by atoms with van der Waals surface area (Å²) in [5, 5.41) is 12.7. The van der Waals surface area contributed by atoms with E-state index in [1.807, 2.05) is 13.0 Å². The molecule has 2 aromatic rings. The Bertz CT molecular complexity index is 718. The number of urea groups is 1. The molecule has 0 aliphatic carbocycles. The summed E-state index contributed by atoms with van der Waals surface area (Å²) < 4.78 is 11.1. The first-order valence-corrected chi connectivity index (χ1v) is 8.41. The molecule has 0 bridgehead atoms. The van der Waals surface area contributed by atoms with Crippen LogP contribution in [0.2, 0.25) is 0 Å². The van der Waals surface area contributed by atoms with Crippen LogP contribution in [0.25, 0.3) is 0 Å². The smallest absolute Gasteiger partial charge is 0.325 e. The molecule has 1 fully saturated rings. The van der Waals surface area contributed by atoms with Crippen LogP contribution in [0.3, 0.4) is 0 Å². The van der Waals surface area contributed by atoms with Gasteiger partial charge in [0.25, 0.3) is 0 Å². The highest BCUT2D eigenvalue weighted by atomic mass is 16.5. The second-order valence-corrected chi connectivity index (χ2v) is 6.24. The molecule has 1 unspecified atom stereocenters. The number of phenolic OH excluding ortho intramolecular Hbond substituents is 1. The largest absolute Gasteiger partial charge is 0.508 e. The molecular weight excluding hydrogens is 322 g/mol. The van der Waals surface area contributed by atoms with Crippen LogP contribution >= 0.6 is 0 Å². The van der Waals surface area contributed by atoms with Crippen LogP contribution in [0, 0.1) is 13.8 Å². The Morgan fingerprint density at radius 2 is 2.20 bits per heavy atom. The number of ether oxygens (including phenoxy) is 1. The third-order valence-corrected chi connectivity index (χ3v) is 4.33. The van der Waals surface area contributed by atoms with Gasteiger partial charge in [-0.25, -0.2) is 4.79 Å². The number of amides is 2. The van der Waals surface area contributed by atoms with Crippen molar-refractivity contribution in [3.8, 4) is 5.75 Å². The molecule has 0 spiro atoms. The molecule has 25 heavy (non-hydrogen) atoms. The van der Waals surface area contributed by atoms with E-state index < -0.39 is 0 Å². The number of carbonyl (C=O) groups excluding carboxylic acids is 1. The minimum absolute atomic E-state index is 0.00429. The molecule has 1 aliphatic rings. The summed E-state index contributed by atoms with van der Waals surface area (Å²) in [5.41, 5.74) is 1.41. The number of phenols is 1. The monoisotopic (exact) mass is 345 g/mol. The molecule has 134 valence electrons. The molecule has 7 heteroatoms. The number of rotatable bonds is 5. The molecule has 1 aromatic carbocycles. The quantitative estimate of drug-likeness (QED) is 0.869. The maximum absolute atomic E-state index is 12.7. The summed E-state index contributed by atoms with van der Waals surface area (Å²) in [7, 11) is 0. The van der Waals surface area contributed by atoms with E-state index in [1.165, 1.54) is 0 Å². The van der Waals surface area contributed by atoms with Gasteiger partial charge in [0.1, 0.15) is 11.5 Å². The summed E-state index contributed by atoms with van der Waals surface area (Å²) in [5.74, 6) is 0.831. The molecule has 2 heterocycles. The second-order valence-electron chi connectivity index (χ2n) is 6.24. The van der Waals surface area contributed by atoms with Crippen LogP contribution in [0.1, 0.15) is 29.9 Å². The molecule has 2 amide bonds. The average Bonchev–Trinajstić information content (AvgIpc) is 3.19. The zero-order valence-corrected chi connectivity index (χ0v) is 14.5. The third-order valence-electron chi connectivity index (χ3n) is 4.33. The number of aryl methyl sites for hydroxylation is 2. The predicted octanol–water partition coefficient (Wildman–Crippen LogP) is 3.21. The van der Waals surface area contributed by atoms with Crippen molar-refractivity contribution in [2.24, 2.45) is 0 Å². The highest BCUT2D eigenvalue weighted by Gasteiger charge is 2.24. The Morgan fingerprint density at radius 1 is 1.40 bits per heavy atom. The minimum Gasteiger partial charge on any atom is -0.508 e. The SMILES string of the molecule is Cc1nc(NC(=O)N(Cc2ccccc2O)CC2CCCO2)oc1C. The van der Waals surface area contributed by atoms with Gasteiger partial charge in [-0.2, -0.15) is 4.98 Å². The van der Waals surface area contributed by atoms with Gasteiger partial charge in [-0.15, -0.1) is 0 Å². The molecule has 1 saturated heterocycles. The summed E-state index contributed by atoms with van der Waals surface area (Å²) in [6, 6.07) is 6.83. The maximum Gasteiger partial charge on any atom is 0.325 e. The lowest BCUT2D eigenvalue weighted by Gasteiger charge is -2.25. The Hall–Kier alpha value is -2.54. The van der Waals surface area contributed by atoms with Gasteiger partial charge >= 0.3 is 12.0 Å². The molecule has 1 aromatic heterocycles. The Kier molecular flexibility index (Phi) is 5.23. The number of aromatic nitrogens is 1. The molecule has 2 N–H and O–H groups in total. The fourth-order valence-electron chi connectivity index (χ4n) is 2.80. The van der Waals surface area contributed by atoms with Gasteiger partial charge in [-0.1, -0.05) is 18.2 Å². The van der Waals surface area contributed by atoms with Crippen molar-refractivity contribution >= 4 is 12.0 Å². The summed E-state index contributed by atoms with van der Waals surface area (Å²) in [6.07, 6.45) is 1.92. The number of para-hydroxylation sites is 1. The van der Waals surface area contributed by atoms with Gasteiger partial charge in [-0.05, 0) is 32.8 Å². The fraction of sp³-hybridized carbons (Fsp3) is 0.444. The fourth-order valence-corrected chi connectivity index (χ4v) is 2.80. The topological polar surface area (TPSA) is 87.8 Å². The van der Waals surface area contributed by atoms with E-state index in [2.05, 4.69) is 10.3 Å². The molecule has 1 aliphatic heterocycles. The molecular formula is C18H23N3O4. The highest BCUT2D eigenvalue weighted by molar-refractivity contribution is 5.87. The summed E-state index contributed by atoms with van der Waals surface area (Å²) in [4.78, 5) is 18.5. The van der Waals surface area contributed by atoms with Crippen LogP contribution in [0.5, 0.6) is 5.75 Å². The van der Waals surface area contributed by atoms with Crippen LogP contribution in [0.4, 0.5) is 10.8 Å². The predicted molar refractivity (Wildman–Crippen MR) is 92.5 cm³/mol. The number of hydrogen-bond acceptors (Lipinski definition) is 5. The average molecular weight is 345 g/mol.